The third-order valence-electron chi connectivity index (χ3n) is 1.33. The minimum Gasteiger partial charge on any atom is -0.269 e. The summed E-state index contributed by atoms with van der Waals surface area (Å²) in [6.45, 7) is 3.55. The monoisotopic (exact) mass is 202 g/mol. The number of rotatable bonds is 2. The van der Waals surface area contributed by atoms with Gasteiger partial charge in [0.1, 0.15) is 5.82 Å². The standard InChI is InChI=1S/C7H10N2O3S/c1-5-3-6(2)8-7(4-5)9-13(10,11)12/h3-4H,1-2H3,(H,8,9)(H,10,11,12). The summed E-state index contributed by atoms with van der Waals surface area (Å²) >= 11 is 0. The first-order valence-electron chi connectivity index (χ1n) is 3.57. The summed E-state index contributed by atoms with van der Waals surface area (Å²) in [5.41, 5.74) is 1.56. The van der Waals surface area contributed by atoms with Crippen molar-refractivity contribution in [2.75, 3.05) is 4.72 Å². The van der Waals surface area contributed by atoms with Crippen molar-refractivity contribution in [1.29, 1.82) is 0 Å². The minimum atomic E-state index is -4.22. The summed E-state index contributed by atoms with van der Waals surface area (Å²) in [5, 5.41) is 0. The fourth-order valence-corrected chi connectivity index (χ4v) is 1.39. The van der Waals surface area contributed by atoms with Crippen LogP contribution in [-0.2, 0) is 10.3 Å². The van der Waals surface area contributed by atoms with Crippen LogP contribution in [0.4, 0.5) is 5.82 Å². The average molecular weight is 202 g/mol. The van der Waals surface area contributed by atoms with Gasteiger partial charge in [-0.05, 0) is 31.5 Å². The molecule has 0 saturated carbocycles. The molecule has 13 heavy (non-hydrogen) atoms. The van der Waals surface area contributed by atoms with Gasteiger partial charge in [-0.2, -0.15) is 8.42 Å². The van der Waals surface area contributed by atoms with E-state index in [1.54, 1.807) is 13.0 Å². The molecule has 0 unspecified atom stereocenters. The molecule has 1 rings (SSSR count). The molecule has 0 aliphatic rings. The van der Waals surface area contributed by atoms with Crippen LogP contribution in [0.3, 0.4) is 0 Å². The third kappa shape index (κ3) is 3.39. The van der Waals surface area contributed by atoms with Gasteiger partial charge in [-0.1, -0.05) is 0 Å². The van der Waals surface area contributed by atoms with Crippen LogP contribution in [0.15, 0.2) is 12.1 Å². The zero-order valence-corrected chi connectivity index (χ0v) is 8.09. The number of hydrogen-bond donors (Lipinski definition) is 2. The molecule has 5 nitrogen and oxygen atoms in total. The van der Waals surface area contributed by atoms with Crippen LogP contribution >= 0.6 is 0 Å². The second-order valence-electron chi connectivity index (χ2n) is 2.75. The molecule has 6 heteroatoms. The van der Waals surface area contributed by atoms with Crippen molar-refractivity contribution in [2.45, 2.75) is 13.8 Å². The van der Waals surface area contributed by atoms with Gasteiger partial charge in [-0.15, -0.1) is 0 Å². The molecule has 1 aromatic rings. The summed E-state index contributed by atoms with van der Waals surface area (Å²) in [6, 6.07) is 3.33. The SMILES string of the molecule is Cc1cc(C)nc(NS(=O)(=O)O)c1. The maximum Gasteiger partial charge on any atom is 0.358 e. The summed E-state index contributed by atoms with van der Waals surface area (Å²) in [7, 11) is -4.22. The van der Waals surface area contributed by atoms with Gasteiger partial charge in [0.05, 0.1) is 0 Å². The normalized spacial score (nSPS) is 11.3. The summed E-state index contributed by atoms with van der Waals surface area (Å²) in [6.07, 6.45) is 0. The van der Waals surface area contributed by atoms with Gasteiger partial charge in [-0.3, -0.25) is 4.55 Å². The van der Waals surface area contributed by atoms with Gasteiger partial charge in [0.2, 0.25) is 0 Å². The lowest BCUT2D eigenvalue weighted by atomic mass is 10.2. The number of nitrogens with one attached hydrogen (secondary N) is 1. The Labute approximate surface area is 76.7 Å². The molecule has 0 aliphatic carbocycles. The Morgan fingerprint density at radius 1 is 1.38 bits per heavy atom. The van der Waals surface area contributed by atoms with Crippen LogP contribution in [0.5, 0.6) is 0 Å². The Hall–Kier alpha value is -1.14. The second-order valence-corrected chi connectivity index (χ2v) is 3.90. The summed E-state index contributed by atoms with van der Waals surface area (Å²) in [5.74, 6) is 0.125. The fraction of sp³-hybridized carbons (Fsp3) is 0.286. The molecule has 0 radical (unpaired) electrons. The molecule has 0 atom stereocenters. The van der Waals surface area contributed by atoms with Crippen molar-refractivity contribution in [3.05, 3.63) is 23.4 Å². The van der Waals surface area contributed by atoms with E-state index < -0.39 is 10.3 Å². The van der Waals surface area contributed by atoms with Crippen LogP contribution in [0.2, 0.25) is 0 Å². The molecular weight excluding hydrogens is 192 g/mol. The van der Waals surface area contributed by atoms with E-state index in [1.165, 1.54) is 6.07 Å². The minimum absolute atomic E-state index is 0.125. The number of aryl methyl sites for hydroxylation is 2. The fourth-order valence-electron chi connectivity index (χ4n) is 1.03. The third-order valence-corrected chi connectivity index (χ3v) is 1.80. The van der Waals surface area contributed by atoms with Crippen molar-refractivity contribution in [2.24, 2.45) is 0 Å². The maximum absolute atomic E-state index is 10.4. The van der Waals surface area contributed by atoms with Crippen molar-refractivity contribution >= 4 is 16.1 Å². The van der Waals surface area contributed by atoms with E-state index >= 15 is 0 Å². The lowest BCUT2D eigenvalue weighted by molar-refractivity contribution is 0.489. The van der Waals surface area contributed by atoms with Crippen molar-refractivity contribution < 1.29 is 13.0 Å². The topological polar surface area (TPSA) is 79.3 Å². The highest BCUT2D eigenvalue weighted by Gasteiger charge is 2.05. The molecule has 1 heterocycles. The van der Waals surface area contributed by atoms with Gasteiger partial charge >= 0.3 is 10.3 Å². The Morgan fingerprint density at radius 3 is 2.46 bits per heavy atom. The Morgan fingerprint density at radius 2 is 2.00 bits per heavy atom. The van der Waals surface area contributed by atoms with Gasteiger partial charge in [0, 0.05) is 5.69 Å². The molecule has 72 valence electrons. The highest BCUT2D eigenvalue weighted by Crippen LogP contribution is 2.09. The van der Waals surface area contributed by atoms with Crippen molar-refractivity contribution in [3.8, 4) is 0 Å². The number of nitrogens with zero attached hydrogens (tertiary/aromatic N) is 1. The maximum atomic E-state index is 10.4. The van der Waals surface area contributed by atoms with E-state index in [-0.39, 0.29) is 5.82 Å². The Bertz CT molecular complexity index is 393. The molecule has 1 aromatic heterocycles. The highest BCUT2D eigenvalue weighted by molar-refractivity contribution is 7.87. The van der Waals surface area contributed by atoms with E-state index in [0.717, 1.165) is 5.56 Å². The first-order valence-corrected chi connectivity index (χ1v) is 5.01. The van der Waals surface area contributed by atoms with Crippen LogP contribution in [0.1, 0.15) is 11.3 Å². The number of hydrogen-bond acceptors (Lipinski definition) is 3. The van der Waals surface area contributed by atoms with Gasteiger partial charge in [0.15, 0.2) is 0 Å². The first kappa shape index (κ1) is 9.94. The molecule has 0 bridgehead atoms. The quantitative estimate of drug-likeness (QED) is 0.699. The van der Waals surface area contributed by atoms with E-state index in [0.29, 0.717) is 5.69 Å². The van der Waals surface area contributed by atoms with Crippen LogP contribution in [0, 0.1) is 13.8 Å². The predicted molar refractivity (Wildman–Crippen MR) is 48.9 cm³/mol. The van der Waals surface area contributed by atoms with E-state index in [1.807, 2.05) is 11.6 Å². The molecule has 0 fully saturated rings. The Balaban J connectivity index is 3.03. The van der Waals surface area contributed by atoms with Gasteiger partial charge in [-0.25, -0.2) is 9.71 Å². The Kier molecular flexibility index (Phi) is 2.53. The average Bonchev–Trinajstić information content (AvgIpc) is 1.78. The molecule has 0 spiro atoms. The molecule has 0 amide bonds. The smallest absolute Gasteiger partial charge is 0.269 e. The summed E-state index contributed by atoms with van der Waals surface area (Å²) < 4.78 is 31.2. The van der Waals surface area contributed by atoms with Gasteiger partial charge < -0.3 is 0 Å². The highest BCUT2D eigenvalue weighted by atomic mass is 32.2. The second kappa shape index (κ2) is 3.31. The van der Waals surface area contributed by atoms with E-state index in [9.17, 15) is 8.42 Å². The van der Waals surface area contributed by atoms with Crippen LogP contribution in [0.25, 0.3) is 0 Å². The predicted octanol–water partition coefficient (Wildman–Crippen LogP) is 0.913. The van der Waals surface area contributed by atoms with Crippen molar-refractivity contribution in [1.82, 2.24) is 4.98 Å². The zero-order chi connectivity index (χ0) is 10.1. The number of aromatic nitrogens is 1. The number of pyridine rings is 1. The molecule has 0 aliphatic heterocycles. The molecule has 0 saturated heterocycles. The molecule has 0 aromatic carbocycles. The van der Waals surface area contributed by atoms with E-state index in [4.69, 9.17) is 4.55 Å². The largest absolute Gasteiger partial charge is 0.358 e. The van der Waals surface area contributed by atoms with Gasteiger partial charge in [0.25, 0.3) is 0 Å². The van der Waals surface area contributed by atoms with Crippen LogP contribution < -0.4 is 4.72 Å². The van der Waals surface area contributed by atoms with Crippen LogP contribution in [-0.4, -0.2) is 18.0 Å². The van der Waals surface area contributed by atoms with E-state index in [2.05, 4.69) is 4.98 Å². The summed E-state index contributed by atoms with van der Waals surface area (Å²) in [4.78, 5) is 3.87. The van der Waals surface area contributed by atoms with Crippen molar-refractivity contribution in [3.63, 3.8) is 0 Å². The first-order chi connectivity index (χ1) is 5.87. The molecule has 2 N–H and O–H groups in total. The molecular formula is C7H10N2O3S. The lowest BCUT2D eigenvalue weighted by Gasteiger charge is -2.03. The number of anilines is 1. The lowest BCUT2D eigenvalue weighted by Crippen LogP contribution is -2.11. The zero-order valence-electron chi connectivity index (χ0n) is 7.27.